The minimum atomic E-state index is -3.51. The number of halogens is 2. The van der Waals surface area contributed by atoms with Crippen molar-refractivity contribution in [2.45, 2.75) is 24.7 Å². The lowest BCUT2D eigenvalue weighted by Crippen LogP contribution is -2.37. The van der Waals surface area contributed by atoms with Gasteiger partial charge in [-0.25, -0.2) is 13.4 Å². The highest BCUT2D eigenvalue weighted by Crippen LogP contribution is 2.25. The van der Waals surface area contributed by atoms with Gasteiger partial charge in [0, 0.05) is 25.0 Å². The molecule has 0 bridgehead atoms. The molecule has 1 N–H and O–H groups in total. The lowest BCUT2D eigenvalue weighted by Gasteiger charge is -2.29. The van der Waals surface area contributed by atoms with Crippen LogP contribution in [0.1, 0.15) is 30.1 Å². The van der Waals surface area contributed by atoms with Gasteiger partial charge in [-0.2, -0.15) is 4.31 Å². The quantitative estimate of drug-likeness (QED) is 0.745. The fourth-order valence-corrected chi connectivity index (χ4v) is 4.57. The molecule has 0 radical (unpaired) electrons. The maximum atomic E-state index is 12.7. The molecule has 144 valence electrons. The molecule has 0 spiro atoms. The number of carbonyl (C=O) groups excluding carboxylic acids is 1. The van der Waals surface area contributed by atoms with Crippen molar-refractivity contribution in [2.75, 3.05) is 18.4 Å². The maximum absolute atomic E-state index is 12.7. The van der Waals surface area contributed by atoms with Crippen LogP contribution in [0, 0.1) is 5.92 Å². The number of pyridine rings is 1. The topological polar surface area (TPSA) is 79.4 Å². The number of benzene rings is 1. The molecule has 3 rings (SSSR count). The number of hydrogen-bond acceptors (Lipinski definition) is 4. The van der Waals surface area contributed by atoms with Crippen LogP contribution in [0.3, 0.4) is 0 Å². The van der Waals surface area contributed by atoms with E-state index in [2.05, 4.69) is 17.2 Å². The molecule has 1 aliphatic heterocycles. The first kappa shape index (κ1) is 20.1. The summed E-state index contributed by atoms with van der Waals surface area (Å²) in [7, 11) is -3.51. The predicted molar refractivity (Wildman–Crippen MR) is 106 cm³/mol. The molecule has 1 aliphatic rings. The normalized spacial score (nSPS) is 16.3. The Hall–Kier alpha value is -1.67. The summed E-state index contributed by atoms with van der Waals surface area (Å²) in [5, 5.41) is 2.98. The van der Waals surface area contributed by atoms with E-state index in [1.165, 1.54) is 28.7 Å². The van der Waals surface area contributed by atoms with Crippen molar-refractivity contribution in [1.82, 2.24) is 9.29 Å². The number of hydrogen-bond donors (Lipinski definition) is 1. The lowest BCUT2D eigenvalue weighted by molar-refractivity contribution is 0.102. The van der Waals surface area contributed by atoms with Crippen LogP contribution in [0.5, 0.6) is 0 Å². The third kappa shape index (κ3) is 4.60. The monoisotopic (exact) mass is 427 g/mol. The molecule has 0 atom stereocenters. The van der Waals surface area contributed by atoms with Crippen molar-refractivity contribution >= 4 is 44.8 Å². The smallest absolute Gasteiger partial charge is 0.257 e. The van der Waals surface area contributed by atoms with Crippen molar-refractivity contribution in [2.24, 2.45) is 5.92 Å². The zero-order valence-corrected chi connectivity index (χ0v) is 17.0. The molecular formula is C18H19Cl2N3O3S. The fourth-order valence-electron chi connectivity index (χ4n) is 2.83. The van der Waals surface area contributed by atoms with Gasteiger partial charge in [-0.05, 0) is 49.1 Å². The van der Waals surface area contributed by atoms with Gasteiger partial charge in [-0.3, -0.25) is 4.79 Å². The Morgan fingerprint density at radius 2 is 1.81 bits per heavy atom. The van der Waals surface area contributed by atoms with Crippen LogP contribution >= 0.6 is 23.2 Å². The Morgan fingerprint density at radius 1 is 1.19 bits per heavy atom. The first-order valence-corrected chi connectivity index (χ1v) is 10.7. The molecule has 1 saturated heterocycles. The van der Waals surface area contributed by atoms with E-state index in [1.807, 2.05) is 0 Å². The number of carbonyl (C=O) groups is 1. The maximum Gasteiger partial charge on any atom is 0.257 e. The molecule has 6 nitrogen and oxygen atoms in total. The molecule has 2 heterocycles. The van der Waals surface area contributed by atoms with E-state index in [9.17, 15) is 13.2 Å². The van der Waals surface area contributed by atoms with Crippen molar-refractivity contribution in [3.8, 4) is 0 Å². The third-order valence-corrected chi connectivity index (χ3v) is 7.15. The highest BCUT2D eigenvalue weighted by Gasteiger charge is 2.27. The van der Waals surface area contributed by atoms with Gasteiger partial charge in [0.1, 0.15) is 5.15 Å². The second-order valence-corrected chi connectivity index (χ2v) is 9.26. The van der Waals surface area contributed by atoms with E-state index in [-0.39, 0.29) is 20.6 Å². The molecule has 1 aromatic carbocycles. The summed E-state index contributed by atoms with van der Waals surface area (Å²) < 4.78 is 27.0. The zero-order chi connectivity index (χ0) is 19.6. The fraction of sp³-hybridized carbons (Fsp3) is 0.333. The standard InChI is InChI=1S/C18H19Cl2N3O3S/c1-12-6-8-23(9-7-12)27(25,26)15-4-2-14(3-5-15)22-18(24)13-10-16(19)17(20)21-11-13/h2-5,10-12H,6-9H2,1H3,(H,22,24). The number of sulfonamides is 1. The van der Waals surface area contributed by atoms with Crippen molar-refractivity contribution in [1.29, 1.82) is 0 Å². The van der Waals surface area contributed by atoms with E-state index >= 15 is 0 Å². The van der Waals surface area contributed by atoms with Gasteiger partial charge in [0.25, 0.3) is 5.91 Å². The average molecular weight is 428 g/mol. The highest BCUT2D eigenvalue weighted by atomic mass is 35.5. The lowest BCUT2D eigenvalue weighted by atomic mass is 10.0. The molecule has 0 aliphatic carbocycles. The molecule has 9 heteroatoms. The van der Waals surface area contributed by atoms with Crippen LogP contribution in [-0.4, -0.2) is 36.7 Å². The van der Waals surface area contributed by atoms with Crippen LogP contribution in [0.2, 0.25) is 10.2 Å². The minimum absolute atomic E-state index is 0.120. The summed E-state index contributed by atoms with van der Waals surface area (Å²) >= 11 is 11.6. The second-order valence-electron chi connectivity index (χ2n) is 6.56. The summed E-state index contributed by atoms with van der Waals surface area (Å²) in [6, 6.07) is 7.53. The van der Waals surface area contributed by atoms with Crippen molar-refractivity contribution < 1.29 is 13.2 Å². The zero-order valence-electron chi connectivity index (χ0n) is 14.7. The summed E-state index contributed by atoms with van der Waals surface area (Å²) in [4.78, 5) is 16.3. The summed E-state index contributed by atoms with van der Waals surface area (Å²) in [5.41, 5.74) is 0.723. The van der Waals surface area contributed by atoms with Gasteiger partial charge in [-0.15, -0.1) is 0 Å². The van der Waals surface area contributed by atoms with Gasteiger partial charge < -0.3 is 5.32 Å². The Kier molecular flexibility index (Phi) is 6.05. The summed E-state index contributed by atoms with van der Waals surface area (Å²) in [6.45, 7) is 3.20. The number of piperidine rings is 1. The van der Waals surface area contributed by atoms with Gasteiger partial charge in [0.2, 0.25) is 10.0 Å². The number of rotatable bonds is 4. The number of anilines is 1. The summed E-state index contributed by atoms with van der Waals surface area (Å²) in [5.74, 6) is 0.131. The largest absolute Gasteiger partial charge is 0.322 e. The minimum Gasteiger partial charge on any atom is -0.322 e. The average Bonchev–Trinajstić information content (AvgIpc) is 2.64. The van der Waals surface area contributed by atoms with Crippen molar-refractivity contribution in [3.63, 3.8) is 0 Å². The SMILES string of the molecule is CC1CCN(S(=O)(=O)c2ccc(NC(=O)c3cnc(Cl)c(Cl)c3)cc2)CC1. The molecular weight excluding hydrogens is 409 g/mol. The second kappa shape index (κ2) is 8.14. The first-order chi connectivity index (χ1) is 12.8. The van der Waals surface area contributed by atoms with Gasteiger partial charge in [-0.1, -0.05) is 30.1 Å². The summed E-state index contributed by atoms with van der Waals surface area (Å²) in [6.07, 6.45) is 3.05. The highest BCUT2D eigenvalue weighted by molar-refractivity contribution is 7.89. The third-order valence-electron chi connectivity index (χ3n) is 4.55. The van der Waals surface area contributed by atoms with Crippen LogP contribution in [0.15, 0.2) is 41.4 Å². The molecule has 27 heavy (non-hydrogen) atoms. The van der Waals surface area contributed by atoms with Crippen LogP contribution in [-0.2, 0) is 10.0 Å². The molecule has 0 unspecified atom stereocenters. The molecule has 1 amide bonds. The van der Waals surface area contributed by atoms with E-state index in [0.29, 0.717) is 24.7 Å². The van der Waals surface area contributed by atoms with Crippen LogP contribution < -0.4 is 5.32 Å². The van der Waals surface area contributed by atoms with Crippen LogP contribution in [0.4, 0.5) is 5.69 Å². The molecule has 2 aromatic rings. The Bertz CT molecular complexity index is 941. The number of nitrogens with zero attached hydrogens (tertiary/aromatic N) is 2. The van der Waals surface area contributed by atoms with Crippen molar-refractivity contribution in [3.05, 3.63) is 52.3 Å². The number of nitrogens with one attached hydrogen (secondary N) is 1. The first-order valence-electron chi connectivity index (χ1n) is 8.50. The number of amides is 1. The number of aromatic nitrogens is 1. The molecule has 0 saturated carbocycles. The van der Waals surface area contributed by atoms with Gasteiger partial charge >= 0.3 is 0 Å². The van der Waals surface area contributed by atoms with Crippen LogP contribution in [0.25, 0.3) is 0 Å². The Morgan fingerprint density at radius 3 is 2.41 bits per heavy atom. The van der Waals surface area contributed by atoms with Gasteiger partial charge in [0.15, 0.2) is 0 Å². The van der Waals surface area contributed by atoms with E-state index < -0.39 is 15.9 Å². The Balaban J connectivity index is 1.71. The van der Waals surface area contributed by atoms with E-state index in [4.69, 9.17) is 23.2 Å². The molecule has 1 fully saturated rings. The van der Waals surface area contributed by atoms with Gasteiger partial charge in [0.05, 0.1) is 15.5 Å². The predicted octanol–water partition coefficient (Wildman–Crippen LogP) is 4.06. The van der Waals surface area contributed by atoms with E-state index in [1.54, 1.807) is 12.1 Å². The van der Waals surface area contributed by atoms with E-state index in [0.717, 1.165) is 12.8 Å². The Labute approximate surface area is 168 Å². The molecule has 1 aromatic heterocycles.